The normalized spacial score (nSPS) is 15.7. The number of aromatic amines is 1. The molecule has 1 aliphatic heterocycles. The highest BCUT2D eigenvalue weighted by atomic mass is 16.2. The number of aromatic nitrogens is 5. The van der Waals surface area contributed by atoms with Crippen LogP contribution in [-0.4, -0.2) is 37.0 Å². The molecule has 0 atom stereocenters. The van der Waals surface area contributed by atoms with Crippen LogP contribution in [0.2, 0.25) is 0 Å². The van der Waals surface area contributed by atoms with E-state index in [4.69, 9.17) is 0 Å². The molecule has 0 saturated heterocycles. The minimum Gasteiger partial charge on any atom is -0.317 e. The molecule has 0 spiro atoms. The van der Waals surface area contributed by atoms with Crippen LogP contribution in [-0.2, 0) is 12.8 Å². The summed E-state index contributed by atoms with van der Waals surface area (Å²) in [6.45, 7) is 4.54. The predicted octanol–water partition coefficient (Wildman–Crippen LogP) is 2.74. The first-order valence-corrected chi connectivity index (χ1v) is 10.7. The van der Waals surface area contributed by atoms with Gasteiger partial charge in [-0.25, -0.2) is 4.98 Å². The minimum absolute atomic E-state index is 0.0996. The molecule has 4 aromatic rings. The number of carbonyl (C=O) groups excluding carboxylic acids is 1. The van der Waals surface area contributed by atoms with Gasteiger partial charge in [-0.3, -0.25) is 18.9 Å². The SMILES string of the molecule is Cc1cnc2c(c1)CCN2C(=O)c1cc2[nH]c(=O)c3nnc(CC4CC4)n3c2cc1C. The monoisotopic (exact) mass is 414 g/mol. The van der Waals surface area contributed by atoms with Crippen LogP contribution >= 0.6 is 0 Å². The number of amides is 1. The second kappa shape index (κ2) is 6.47. The van der Waals surface area contributed by atoms with Crippen molar-refractivity contribution in [2.75, 3.05) is 11.4 Å². The Morgan fingerprint density at radius 3 is 2.84 bits per heavy atom. The summed E-state index contributed by atoms with van der Waals surface area (Å²) in [7, 11) is 0. The third-order valence-electron chi connectivity index (χ3n) is 6.35. The number of carbonyl (C=O) groups is 1. The first-order chi connectivity index (χ1) is 15.0. The van der Waals surface area contributed by atoms with Crippen molar-refractivity contribution in [3.8, 4) is 0 Å². The molecule has 4 heterocycles. The summed E-state index contributed by atoms with van der Waals surface area (Å²) in [6.07, 6.45) is 5.79. The summed E-state index contributed by atoms with van der Waals surface area (Å²) < 4.78 is 1.85. The maximum atomic E-state index is 13.4. The standard InChI is InChI=1S/C23H22N6O2/c1-12-7-15-5-6-28(20(15)24-11-12)23(31)16-10-17-18(8-13(16)2)29-19(9-14-3-4-14)26-27-21(29)22(30)25-17/h7-8,10-11,14H,3-6,9H2,1-2H3,(H,25,30). The van der Waals surface area contributed by atoms with Gasteiger partial charge >= 0.3 is 0 Å². The number of hydrogen-bond acceptors (Lipinski definition) is 5. The zero-order valence-electron chi connectivity index (χ0n) is 17.5. The molecule has 8 nitrogen and oxygen atoms in total. The quantitative estimate of drug-likeness (QED) is 0.556. The van der Waals surface area contributed by atoms with E-state index in [1.54, 1.807) is 17.2 Å². The number of pyridine rings is 1. The molecule has 6 rings (SSSR count). The summed E-state index contributed by atoms with van der Waals surface area (Å²) >= 11 is 0. The van der Waals surface area contributed by atoms with Crippen molar-refractivity contribution in [3.63, 3.8) is 0 Å². The van der Waals surface area contributed by atoms with Gasteiger partial charge in [-0.2, -0.15) is 0 Å². The second-order valence-electron chi connectivity index (χ2n) is 8.76. The van der Waals surface area contributed by atoms with E-state index >= 15 is 0 Å². The van der Waals surface area contributed by atoms with Crippen LogP contribution in [0.15, 0.2) is 29.2 Å². The number of aryl methyl sites for hydroxylation is 2. The lowest BCUT2D eigenvalue weighted by molar-refractivity contribution is 0.0988. The van der Waals surface area contributed by atoms with Gasteiger partial charge in [0.15, 0.2) is 0 Å². The van der Waals surface area contributed by atoms with Crippen LogP contribution < -0.4 is 10.5 Å². The second-order valence-corrected chi connectivity index (χ2v) is 8.76. The fraction of sp³-hybridized carbons (Fsp3) is 0.348. The lowest BCUT2D eigenvalue weighted by Crippen LogP contribution is -2.30. The van der Waals surface area contributed by atoms with Gasteiger partial charge < -0.3 is 4.98 Å². The van der Waals surface area contributed by atoms with Crippen LogP contribution in [0.5, 0.6) is 0 Å². The fourth-order valence-electron chi connectivity index (χ4n) is 4.55. The Balaban J connectivity index is 1.48. The molecule has 1 aromatic carbocycles. The fourth-order valence-corrected chi connectivity index (χ4v) is 4.55. The molecule has 1 N–H and O–H groups in total. The van der Waals surface area contributed by atoms with E-state index in [1.807, 2.05) is 24.3 Å². The number of nitrogens with zero attached hydrogens (tertiary/aromatic N) is 5. The van der Waals surface area contributed by atoms with Crippen molar-refractivity contribution in [2.45, 2.75) is 39.5 Å². The maximum absolute atomic E-state index is 13.4. The van der Waals surface area contributed by atoms with Gasteiger partial charge in [-0.15, -0.1) is 10.2 Å². The highest BCUT2D eigenvalue weighted by Gasteiger charge is 2.29. The molecule has 2 aliphatic rings. The van der Waals surface area contributed by atoms with Crippen LogP contribution in [0.1, 0.15) is 45.7 Å². The Hall–Kier alpha value is -3.55. The molecule has 3 aromatic heterocycles. The number of benzene rings is 1. The van der Waals surface area contributed by atoms with E-state index in [-0.39, 0.29) is 11.5 Å². The van der Waals surface area contributed by atoms with Gasteiger partial charge in [0.25, 0.3) is 11.5 Å². The highest BCUT2D eigenvalue weighted by Crippen LogP contribution is 2.33. The zero-order valence-corrected chi connectivity index (χ0v) is 17.5. The molecule has 8 heteroatoms. The van der Waals surface area contributed by atoms with Gasteiger partial charge in [-0.1, -0.05) is 6.07 Å². The van der Waals surface area contributed by atoms with Gasteiger partial charge in [-0.05, 0) is 67.9 Å². The third kappa shape index (κ3) is 2.85. The van der Waals surface area contributed by atoms with Crippen LogP contribution in [0.25, 0.3) is 16.7 Å². The number of hydrogen-bond donors (Lipinski definition) is 1. The van der Waals surface area contributed by atoms with Gasteiger partial charge in [0.2, 0.25) is 5.65 Å². The predicted molar refractivity (Wildman–Crippen MR) is 117 cm³/mol. The first kappa shape index (κ1) is 18.2. The Morgan fingerprint density at radius 2 is 2.03 bits per heavy atom. The topological polar surface area (TPSA) is 96.2 Å². The van der Waals surface area contributed by atoms with E-state index in [9.17, 15) is 9.59 Å². The Kier molecular flexibility index (Phi) is 3.81. The Morgan fingerprint density at radius 1 is 1.19 bits per heavy atom. The average molecular weight is 414 g/mol. The largest absolute Gasteiger partial charge is 0.317 e. The molecule has 0 bridgehead atoms. The Labute approximate surface area is 177 Å². The smallest absolute Gasteiger partial charge is 0.294 e. The molecular weight excluding hydrogens is 392 g/mol. The molecule has 1 aliphatic carbocycles. The molecule has 1 amide bonds. The van der Waals surface area contributed by atoms with E-state index in [0.717, 1.165) is 46.7 Å². The van der Waals surface area contributed by atoms with Crippen molar-refractivity contribution in [2.24, 2.45) is 5.92 Å². The Bertz CT molecular complexity index is 1450. The highest BCUT2D eigenvalue weighted by molar-refractivity contribution is 6.09. The van der Waals surface area contributed by atoms with E-state index in [2.05, 4.69) is 26.2 Å². The van der Waals surface area contributed by atoms with E-state index in [0.29, 0.717) is 29.2 Å². The minimum atomic E-state index is -0.298. The van der Waals surface area contributed by atoms with Gasteiger partial charge in [0, 0.05) is 24.7 Å². The molecule has 1 fully saturated rings. The number of rotatable bonds is 3. The van der Waals surface area contributed by atoms with Crippen molar-refractivity contribution in [3.05, 3.63) is 62.8 Å². The van der Waals surface area contributed by atoms with Crippen molar-refractivity contribution in [1.29, 1.82) is 0 Å². The summed E-state index contributed by atoms with van der Waals surface area (Å²) in [5, 5.41) is 8.40. The summed E-state index contributed by atoms with van der Waals surface area (Å²) in [5.74, 6) is 2.05. The molecule has 31 heavy (non-hydrogen) atoms. The lowest BCUT2D eigenvalue weighted by Gasteiger charge is -2.18. The van der Waals surface area contributed by atoms with Crippen LogP contribution in [0, 0.1) is 19.8 Å². The van der Waals surface area contributed by atoms with Gasteiger partial charge in [0.1, 0.15) is 11.6 Å². The van der Waals surface area contributed by atoms with Crippen molar-refractivity contribution < 1.29 is 4.79 Å². The van der Waals surface area contributed by atoms with Crippen molar-refractivity contribution >= 4 is 28.4 Å². The van der Waals surface area contributed by atoms with Gasteiger partial charge in [0.05, 0.1) is 11.0 Å². The number of fused-ring (bicyclic) bond motifs is 4. The molecular formula is C23H22N6O2. The summed E-state index contributed by atoms with van der Waals surface area (Å²) in [4.78, 5) is 35.2. The van der Waals surface area contributed by atoms with Crippen LogP contribution in [0.3, 0.4) is 0 Å². The summed E-state index contributed by atoms with van der Waals surface area (Å²) in [6, 6.07) is 5.82. The van der Waals surface area contributed by atoms with E-state index in [1.165, 1.54) is 12.8 Å². The van der Waals surface area contributed by atoms with Crippen molar-refractivity contribution in [1.82, 2.24) is 24.6 Å². The molecule has 0 unspecified atom stereocenters. The molecule has 156 valence electrons. The van der Waals surface area contributed by atoms with Crippen LogP contribution in [0.4, 0.5) is 5.82 Å². The lowest BCUT2D eigenvalue weighted by atomic mass is 10.1. The maximum Gasteiger partial charge on any atom is 0.294 e. The summed E-state index contributed by atoms with van der Waals surface area (Å²) in [5.41, 5.74) is 5.03. The number of H-pyrrole nitrogens is 1. The third-order valence-corrected chi connectivity index (χ3v) is 6.35. The molecule has 0 radical (unpaired) electrons. The number of anilines is 1. The van der Waals surface area contributed by atoms with E-state index < -0.39 is 0 Å². The zero-order chi connectivity index (χ0) is 21.3. The molecule has 1 saturated carbocycles. The number of nitrogens with one attached hydrogen (secondary N) is 1. The first-order valence-electron chi connectivity index (χ1n) is 10.7. The average Bonchev–Trinajstić information content (AvgIpc) is 3.30.